The van der Waals surface area contributed by atoms with Crippen molar-refractivity contribution in [3.63, 3.8) is 0 Å². The summed E-state index contributed by atoms with van der Waals surface area (Å²) in [7, 11) is 0. The van der Waals surface area contributed by atoms with Gasteiger partial charge in [0, 0.05) is 19.3 Å². The van der Waals surface area contributed by atoms with Crippen LogP contribution >= 0.6 is 0 Å². The predicted molar refractivity (Wildman–Crippen MR) is 256 cm³/mol. The highest BCUT2D eigenvalue weighted by Crippen LogP contribution is 2.11. The minimum absolute atomic E-state index is 0.115. The zero-order valence-electron chi connectivity index (χ0n) is 38.4. The van der Waals surface area contributed by atoms with Crippen LogP contribution in [0.3, 0.4) is 0 Å². The third kappa shape index (κ3) is 45.2. The van der Waals surface area contributed by atoms with Crippen molar-refractivity contribution < 1.29 is 28.6 Å². The summed E-state index contributed by atoms with van der Waals surface area (Å²) in [6, 6.07) is 0. The number of esters is 3. The molecule has 0 N–H and O–H groups in total. The number of unbranched alkanes of at least 4 members (excludes halogenated alkanes) is 12. The fraction of sp³-hybridized carbons (Fsp3) is 0.611. The van der Waals surface area contributed by atoms with Gasteiger partial charge < -0.3 is 14.2 Å². The molecule has 0 saturated heterocycles. The lowest BCUT2D eigenvalue weighted by Crippen LogP contribution is -2.30. The first kappa shape index (κ1) is 56.1. The van der Waals surface area contributed by atoms with Gasteiger partial charge in [0.05, 0.1) is 0 Å². The number of hydrogen-bond donors (Lipinski definition) is 0. The molecule has 1 atom stereocenters. The number of carbonyl (C=O) groups excluding carboxylic acids is 3. The van der Waals surface area contributed by atoms with Crippen LogP contribution in [-0.4, -0.2) is 37.2 Å². The molecule has 6 heteroatoms. The maximum absolute atomic E-state index is 12.7. The van der Waals surface area contributed by atoms with Crippen molar-refractivity contribution in [2.24, 2.45) is 0 Å². The summed E-state index contributed by atoms with van der Waals surface area (Å²) in [5.41, 5.74) is 0. The molecule has 0 radical (unpaired) electrons. The van der Waals surface area contributed by atoms with E-state index in [1.165, 1.54) is 25.7 Å². The van der Waals surface area contributed by atoms with E-state index in [0.717, 1.165) is 122 Å². The van der Waals surface area contributed by atoms with Gasteiger partial charge in [0.15, 0.2) is 6.10 Å². The molecule has 0 aromatic heterocycles. The third-order valence-electron chi connectivity index (χ3n) is 9.49. The van der Waals surface area contributed by atoms with Crippen LogP contribution in [0.5, 0.6) is 0 Å². The average Bonchev–Trinajstić information content (AvgIpc) is 3.24. The molecule has 0 saturated carbocycles. The van der Waals surface area contributed by atoms with Crippen molar-refractivity contribution in [2.45, 2.75) is 200 Å². The Morgan fingerprint density at radius 3 is 1.10 bits per heavy atom. The molecule has 0 fully saturated rings. The number of allylic oxidation sites excluding steroid dienone is 18. The lowest BCUT2D eigenvalue weighted by atomic mass is 10.1. The second-order valence-electron chi connectivity index (χ2n) is 15.2. The molecule has 0 bridgehead atoms. The molecular weight excluding hydrogens is 745 g/mol. The van der Waals surface area contributed by atoms with E-state index in [1.807, 2.05) is 0 Å². The van der Waals surface area contributed by atoms with E-state index in [2.05, 4.69) is 130 Å². The summed E-state index contributed by atoms with van der Waals surface area (Å²) in [5, 5.41) is 0. The van der Waals surface area contributed by atoms with Crippen molar-refractivity contribution in [1.29, 1.82) is 0 Å². The SMILES string of the molecule is CC/C=C\C/C=C\C/C=C\C/C=C\C/C=C\CCCCCC(=O)OCC(COC(=O)CCC/C=C\CCCCCC)OC(=O)CCCCCC/C=C\C/C=C\C/C=C\CC. The van der Waals surface area contributed by atoms with Gasteiger partial charge in [-0.25, -0.2) is 0 Å². The Morgan fingerprint density at radius 2 is 0.667 bits per heavy atom. The molecule has 0 rings (SSSR count). The highest BCUT2D eigenvalue weighted by atomic mass is 16.6. The molecule has 1 unspecified atom stereocenters. The minimum Gasteiger partial charge on any atom is -0.462 e. The van der Waals surface area contributed by atoms with Gasteiger partial charge in [0.1, 0.15) is 13.2 Å². The normalized spacial score (nSPS) is 13.1. The first-order valence-electron chi connectivity index (χ1n) is 23.9. The van der Waals surface area contributed by atoms with Crippen LogP contribution in [0.2, 0.25) is 0 Å². The maximum atomic E-state index is 12.7. The van der Waals surface area contributed by atoms with Gasteiger partial charge in [0.25, 0.3) is 0 Å². The predicted octanol–water partition coefficient (Wildman–Crippen LogP) is 15.6. The van der Waals surface area contributed by atoms with Crippen molar-refractivity contribution in [3.8, 4) is 0 Å². The number of rotatable bonds is 41. The zero-order valence-corrected chi connectivity index (χ0v) is 38.4. The molecule has 338 valence electrons. The smallest absolute Gasteiger partial charge is 0.306 e. The van der Waals surface area contributed by atoms with Crippen molar-refractivity contribution in [1.82, 2.24) is 0 Å². The van der Waals surface area contributed by atoms with Crippen LogP contribution in [0.25, 0.3) is 0 Å². The molecule has 0 amide bonds. The van der Waals surface area contributed by atoms with E-state index in [9.17, 15) is 14.4 Å². The number of carbonyl (C=O) groups is 3. The molecule has 6 nitrogen and oxygen atoms in total. The maximum Gasteiger partial charge on any atom is 0.306 e. The highest BCUT2D eigenvalue weighted by molar-refractivity contribution is 5.71. The fourth-order valence-electron chi connectivity index (χ4n) is 5.95. The van der Waals surface area contributed by atoms with Crippen LogP contribution in [0.15, 0.2) is 109 Å². The van der Waals surface area contributed by atoms with Gasteiger partial charge in [-0.15, -0.1) is 0 Å². The fourth-order valence-corrected chi connectivity index (χ4v) is 5.95. The molecule has 0 spiro atoms. The Morgan fingerprint density at radius 1 is 0.350 bits per heavy atom. The van der Waals surface area contributed by atoms with E-state index in [-0.39, 0.29) is 37.5 Å². The lowest BCUT2D eigenvalue weighted by Gasteiger charge is -2.18. The topological polar surface area (TPSA) is 78.9 Å². The Kier molecular flexibility index (Phi) is 44.6. The van der Waals surface area contributed by atoms with Crippen LogP contribution < -0.4 is 0 Å². The molecule has 0 aromatic rings. The molecule has 0 heterocycles. The molecule has 0 aliphatic rings. The lowest BCUT2D eigenvalue weighted by molar-refractivity contribution is -0.167. The number of hydrogen-bond acceptors (Lipinski definition) is 6. The highest BCUT2D eigenvalue weighted by Gasteiger charge is 2.19. The van der Waals surface area contributed by atoms with Crippen molar-refractivity contribution >= 4 is 17.9 Å². The average molecular weight is 831 g/mol. The van der Waals surface area contributed by atoms with Gasteiger partial charge in [-0.05, 0) is 116 Å². The standard InChI is InChI=1S/C54H86O6/c1-4-7-10-13-16-19-21-23-25-26-27-28-29-31-32-35-38-41-44-47-53(56)59-50-51(49-58-52(55)46-43-40-37-34-18-15-12-9-6-3)60-54(57)48-45-42-39-36-33-30-24-22-20-17-14-11-8-5-2/h7-8,10-11,16-17,19-20,23-25,27-28,30-32,34,37,51H,4-6,9,12-15,18,21-22,26,29,33,35-36,38-50H2,1-3H3/b10-7-,11-8-,19-16-,20-17-,25-23-,28-27-,30-24-,32-31-,37-34-. The van der Waals surface area contributed by atoms with Crippen LogP contribution in [0.4, 0.5) is 0 Å². The summed E-state index contributed by atoms with van der Waals surface area (Å²) in [6.45, 7) is 6.27. The quantitative estimate of drug-likeness (QED) is 0.0264. The van der Waals surface area contributed by atoms with E-state index >= 15 is 0 Å². The minimum atomic E-state index is -0.814. The van der Waals surface area contributed by atoms with Crippen molar-refractivity contribution in [3.05, 3.63) is 109 Å². The Labute approximate surface area is 368 Å². The molecule has 0 aromatic carbocycles. The first-order valence-corrected chi connectivity index (χ1v) is 23.9. The van der Waals surface area contributed by atoms with Crippen LogP contribution in [0, 0.1) is 0 Å². The Hall–Kier alpha value is -3.93. The molecule has 0 aliphatic carbocycles. The van der Waals surface area contributed by atoms with Gasteiger partial charge in [-0.2, -0.15) is 0 Å². The van der Waals surface area contributed by atoms with E-state index in [1.54, 1.807) is 0 Å². The van der Waals surface area contributed by atoms with Gasteiger partial charge in [-0.1, -0.05) is 169 Å². The van der Waals surface area contributed by atoms with Gasteiger partial charge in [-0.3, -0.25) is 14.4 Å². The second kappa shape index (κ2) is 47.7. The Bertz CT molecular complexity index is 1280. The molecular formula is C54H86O6. The summed E-state index contributed by atoms with van der Waals surface area (Å²) in [6.07, 6.45) is 63.7. The van der Waals surface area contributed by atoms with E-state index < -0.39 is 6.10 Å². The largest absolute Gasteiger partial charge is 0.462 e. The monoisotopic (exact) mass is 831 g/mol. The Balaban J connectivity index is 4.47. The van der Waals surface area contributed by atoms with Crippen LogP contribution in [0.1, 0.15) is 194 Å². The van der Waals surface area contributed by atoms with Crippen LogP contribution in [-0.2, 0) is 28.6 Å². The van der Waals surface area contributed by atoms with Gasteiger partial charge in [0.2, 0.25) is 0 Å². The van der Waals surface area contributed by atoms with Crippen molar-refractivity contribution in [2.75, 3.05) is 13.2 Å². The summed E-state index contributed by atoms with van der Waals surface area (Å²) in [5.74, 6) is -1.01. The molecule has 60 heavy (non-hydrogen) atoms. The summed E-state index contributed by atoms with van der Waals surface area (Å²) in [4.78, 5) is 37.8. The van der Waals surface area contributed by atoms with E-state index in [4.69, 9.17) is 14.2 Å². The summed E-state index contributed by atoms with van der Waals surface area (Å²) < 4.78 is 16.6. The third-order valence-corrected chi connectivity index (χ3v) is 9.49. The molecule has 0 aliphatic heterocycles. The first-order chi connectivity index (χ1) is 29.5. The second-order valence-corrected chi connectivity index (χ2v) is 15.2. The number of ether oxygens (including phenoxy) is 3. The zero-order chi connectivity index (χ0) is 43.7. The van der Waals surface area contributed by atoms with Gasteiger partial charge >= 0.3 is 17.9 Å². The van der Waals surface area contributed by atoms with E-state index in [0.29, 0.717) is 19.3 Å². The summed E-state index contributed by atoms with van der Waals surface area (Å²) >= 11 is 0.